The van der Waals surface area contributed by atoms with Gasteiger partial charge in [-0.05, 0) is 51.4 Å². The summed E-state index contributed by atoms with van der Waals surface area (Å²) < 4.78 is 15.9. The van der Waals surface area contributed by atoms with E-state index in [9.17, 15) is 14.4 Å². The summed E-state index contributed by atoms with van der Waals surface area (Å²) in [5, 5.41) is 8.99. The first-order valence-corrected chi connectivity index (χ1v) is 8.83. The van der Waals surface area contributed by atoms with Crippen LogP contribution in [0.1, 0.15) is 51.4 Å². The van der Waals surface area contributed by atoms with Crippen LogP contribution in [0.25, 0.3) is 0 Å². The normalized spacial score (nSPS) is 29.4. The number of hydrogen-bond acceptors (Lipinski definition) is 6. The lowest BCUT2D eigenvalue weighted by atomic mass is 9.82. The molecular weight excluding hydrogens is 328 g/mol. The van der Waals surface area contributed by atoms with Crippen molar-refractivity contribution >= 4 is 17.9 Å². The second kappa shape index (κ2) is 9.56. The van der Waals surface area contributed by atoms with Gasteiger partial charge in [-0.25, -0.2) is 4.79 Å². The quantitative estimate of drug-likeness (QED) is 0.426. The Hall–Kier alpha value is -1.89. The number of carbonyl (C=O) groups is 3. The summed E-state index contributed by atoms with van der Waals surface area (Å²) in [6, 6.07) is 0. The fourth-order valence-electron chi connectivity index (χ4n) is 3.40. The predicted octanol–water partition coefficient (Wildman–Crippen LogP) is 2.44. The Morgan fingerprint density at radius 3 is 2.04 bits per heavy atom. The Kier molecular flexibility index (Phi) is 7.43. The maximum Gasteiger partial charge on any atom is 0.332 e. The zero-order valence-electron chi connectivity index (χ0n) is 14.4. The monoisotopic (exact) mass is 354 g/mol. The molecule has 0 saturated heterocycles. The van der Waals surface area contributed by atoms with Crippen molar-refractivity contribution in [2.45, 2.75) is 63.6 Å². The molecule has 0 amide bonds. The van der Waals surface area contributed by atoms with E-state index in [0.717, 1.165) is 31.8 Å². The molecule has 7 nitrogen and oxygen atoms in total. The second-order valence-corrected chi connectivity index (χ2v) is 6.67. The molecule has 2 rings (SSSR count). The summed E-state index contributed by atoms with van der Waals surface area (Å²) in [6.07, 6.45) is 6.16. The number of esters is 2. The number of rotatable bonds is 7. The molecule has 0 spiro atoms. The molecule has 140 valence electrons. The van der Waals surface area contributed by atoms with E-state index >= 15 is 0 Å². The van der Waals surface area contributed by atoms with Crippen molar-refractivity contribution in [2.24, 2.45) is 11.8 Å². The fourth-order valence-corrected chi connectivity index (χ4v) is 3.40. The third-order valence-corrected chi connectivity index (χ3v) is 4.99. The van der Waals surface area contributed by atoms with E-state index in [1.165, 1.54) is 0 Å². The van der Waals surface area contributed by atoms with Crippen molar-refractivity contribution in [2.75, 3.05) is 6.79 Å². The van der Waals surface area contributed by atoms with Crippen LogP contribution in [0.5, 0.6) is 0 Å². The Morgan fingerprint density at radius 1 is 0.920 bits per heavy atom. The third-order valence-electron chi connectivity index (χ3n) is 4.99. The summed E-state index contributed by atoms with van der Waals surface area (Å²) in [5.74, 6) is -1.99. The maximum atomic E-state index is 12.2. The standard InChI is InChI=1S/C18H26O7/c1-2-16(19)24-11-23-14-7-9-15(10-8-14)25-18(22)13-5-3-12(4-6-13)17(20)21/h2,12-15H,1,3-11H2,(H,20,21). The van der Waals surface area contributed by atoms with Gasteiger partial charge in [0.1, 0.15) is 6.10 Å². The first kappa shape index (κ1) is 19.4. The number of carbonyl (C=O) groups excluding carboxylic acids is 2. The van der Waals surface area contributed by atoms with Gasteiger partial charge in [0.2, 0.25) is 0 Å². The molecule has 0 atom stereocenters. The van der Waals surface area contributed by atoms with E-state index < -0.39 is 11.9 Å². The van der Waals surface area contributed by atoms with Crippen molar-refractivity contribution in [1.29, 1.82) is 0 Å². The smallest absolute Gasteiger partial charge is 0.332 e. The highest BCUT2D eigenvalue weighted by Crippen LogP contribution is 2.31. The lowest BCUT2D eigenvalue weighted by Gasteiger charge is -2.30. The van der Waals surface area contributed by atoms with Crippen molar-refractivity contribution in [1.82, 2.24) is 0 Å². The van der Waals surface area contributed by atoms with Crippen molar-refractivity contribution in [3.63, 3.8) is 0 Å². The number of carboxylic acids is 1. The van der Waals surface area contributed by atoms with Crippen LogP contribution in [-0.4, -0.2) is 42.0 Å². The first-order chi connectivity index (χ1) is 12.0. The molecule has 0 unspecified atom stereocenters. The van der Waals surface area contributed by atoms with Gasteiger partial charge in [0.05, 0.1) is 17.9 Å². The number of carboxylic acid groups (broad SMARTS) is 1. The zero-order chi connectivity index (χ0) is 18.2. The van der Waals surface area contributed by atoms with Gasteiger partial charge >= 0.3 is 17.9 Å². The van der Waals surface area contributed by atoms with Crippen LogP contribution in [0.2, 0.25) is 0 Å². The molecule has 0 bridgehead atoms. The van der Waals surface area contributed by atoms with Crippen molar-refractivity contribution in [3.05, 3.63) is 12.7 Å². The molecule has 0 aromatic carbocycles. The van der Waals surface area contributed by atoms with Gasteiger partial charge in [0, 0.05) is 6.08 Å². The fraction of sp³-hybridized carbons (Fsp3) is 0.722. The van der Waals surface area contributed by atoms with Gasteiger partial charge in [0.25, 0.3) is 0 Å². The van der Waals surface area contributed by atoms with E-state index in [1.807, 2.05) is 0 Å². The minimum absolute atomic E-state index is 0.00132. The van der Waals surface area contributed by atoms with Gasteiger partial charge < -0.3 is 19.3 Å². The number of aliphatic carboxylic acids is 1. The van der Waals surface area contributed by atoms with E-state index in [0.29, 0.717) is 25.7 Å². The minimum Gasteiger partial charge on any atom is -0.481 e. The van der Waals surface area contributed by atoms with E-state index in [2.05, 4.69) is 6.58 Å². The second-order valence-electron chi connectivity index (χ2n) is 6.67. The topological polar surface area (TPSA) is 99.1 Å². The van der Waals surface area contributed by atoms with E-state index in [4.69, 9.17) is 19.3 Å². The first-order valence-electron chi connectivity index (χ1n) is 8.83. The molecule has 2 aliphatic carbocycles. The Labute approximate surface area is 147 Å². The van der Waals surface area contributed by atoms with E-state index in [1.54, 1.807) is 0 Å². The van der Waals surface area contributed by atoms with Gasteiger partial charge in [-0.15, -0.1) is 0 Å². The van der Waals surface area contributed by atoms with Gasteiger partial charge in [-0.3, -0.25) is 9.59 Å². The van der Waals surface area contributed by atoms with Crippen molar-refractivity contribution < 1.29 is 33.7 Å². The molecule has 2 fully saturated rings. The Bertz CT molecular complexity index is 486. The highest BCUT2D eigenvalue weighted by atomic mass is 16.7. The van der Waals surface area contributed by atoms with Crippen LogP contribution in [0.15, 0.2) is 12.7 Å². The molecule has 2 aliphatic rings. The molecule has 0 aromatic heterocycles. The molecule has 2 saturated carbocycles. The van der Waals surface area contributed by atoms with Crippen LogP contribution in [-0.2, 0) is 28.6 Å². The average Bonchev–Trinajstić information content (AvgIpc) is 2.63. The molecule has 7 heteroatoms. The Balaban J connectivity index is 1.63. The average molecular weight is 354 g/mol. The van der Waals surface area contributed by atoms with Crippen LogP contribution < -0.4 is 0 Å². The van der Waals surface area contributed by atoms with Gasteiger partial charge in [-0.2, -0.15) is 0 Å². The van der Waals surface area contributed by atoms with Crippen LogP contribution >= 0.6 is 0 Å². The molecule has 0 aliphatic heterocycles. The maximum absolute atomic E-state index is 12.2. The van der Waals surface area contributed by atoms with Gasteiger partial charge in [0.15, 0.2) is 6.79 Å². The predicted molar refractivity (Wildman–Crippen MR) is 87.5 cm³/mol. The zero-order valence-corrected chi connectivity index (χ0v) is 14.4. The SMILES string of the molecule is C=CC(=O)OCOC1CCC(OC(=O)C2CCC(C(=O)O)CC2)CC1. The summed E-state index contributed by atoms with van der Waals surface area (Å²) >= 11 is 0. The lowest BCUT2D eigenvalue weighted by Crippen LogP contribution is -2.33. The van der Waals surface area contributed by atoms with Crippen LogP contribution in [0.4, 0.5) is 0 Å². The largest absolute Gasteiger partial charge is 0.481 e. The minimum atomic E-state index is -0.774. The highest BCUT2D eigenvalue weighted by molar-refractivity contribution is 5.81. The molecule has 0 heterocycles. The summed E-state index contributed by atoms with van der Waals surface area (Å²) in [5.41, 5.74) is 0. The lowest BCUT2D eigenvalue weighted by molar-refractivity contribution is -0.165. The van der Waals surface area contributed by atoms with Crippen molar-refractivity contribution in [3.8, 4) is 0 Å². The molecule has 0 radical (unpaired) electrons. The van der Waals surface area contributed by atoms with Crippen LogP contribution in [0, 0.1) is 11.8 Å². The number of hydrogen-bond donors (Lipinski definition) is 1. The third kappa shape index (κ3) is 6.16. The summed E-state index contributed by atoms with van der Waals surface area (Å²) in [6.45, 7) is 3.22. The van der Waals surface area contributed by atoms with Crippen LogP contribution in [0.3, 0.4) is 0 Å². The molecular formula is C18H26O7. The van der Waals surface area contributed by atoms with E-state index in [-0.39, 0.29) is 36.8 Å². The molecule has 25 heavy (non-hydrogen) atoms. The van der Waals surface area contributed by atoms with Gasteiger partial charge in [-0.1, -0.05) is 6.58 Å². The summed E-state index contributed by atoms with van der Waals surface area (Å²) in [7, 11) is 0. The number of ether oxygens (including phenoxy) is 3. The highest BCUT2D eigenvalue weighted by Gasteiger charge is 2.32. The summed E-state index contributed by atoms with van der Waals surface area (Å²) in [4.78, 5) is 34.1. The Morgan fingerprint density at radius 2 is 1.48 bits per heavy atom. The molecule has 0 aromatic rings. The molecule has 1 N–H and O–H groups in total.